The van der Waals surface area contributed by atoms with Crippen molar-refractivity contribution in [2.75, 3.05) is 0 Å². The Hall–Kier alpha value is -2.24. The predicted molar refractivity (Wildman–Crippen MR) is 80.2 cm³/mol. The van der Waals surface area contributed by atoms with Crippen molar-refractivity contribution in [3.8, 4) is 0 Å². The number of aromatic nitrogens is 3. The fourth-order valence-corrected chi connectivity index (χ4v) is 2.22. The summed E-state index contributed by atoms with van der Waals surface area (Å²) in [7, 11) is 0. The van der Waals surface area contributed by atoms with Gasteiger partial charge in [-0.05, 0) is 29.8 Å². The molecular weight excluding hydrogens is 290 g/mol. The minimum absolute atomic E-state index is 0.0400. The molecule has 0 radical (unpaired) electrons. The highest BCUT2D eigenvalue weighted by molar-refractivity contribution is 6.30. The minimum Gasteiger partial charge on any atom is -0.386 e. The maximum Gasteiger partial charge on any atom is 0.277 e. The molecule has 1 atom stereocenters. The molecule has 5 nitrogen and oxygen atoms in total. The first-order valence-electron chi connectivity index (χ1n) is 6.41. The van der Waals surface area contributed by atoms with Crippen LogP contribution in [0.2, 0.25) is 5.02 Å². The van der Waals surface area contributed by atoms with Gasteiger partial charge in [0, 0.05) is 5.02 Å². The normalized spacial score (nSPS) is 12.5. The van der Waals surface area contributed by atoms with Gasteiger partial charge in [0.15, 0.2) is 0 Å². The third-order valence-electron chi connectivity index (χ3n) is 3.23. The first-order chi connectivity index (χ1) is 10.1. The van der Waals surface area contributed by atoms with Crippen molar-refractivity contribution in [2.45, 2.75) is 12.6 Å². The van der Waals surface area contributed by atoms with E-state index in [1.165, 1.54) is 4.68 Å². The van der Waals surface area contributed by atoms with Gasteiger partial charge >= 0.3 is 0 Å². The number of benzene rings is 2. The van der Waals surface area contributed by atoms with Gasteiger partial charge in [-0.1, -0.05) is 41.1 Å². The van der Waals surface area contributed by atoms with Crippen molar-refractivity contribution in [1.82, 2.24) is 15.0 Å². The van der Waals surface area contributed by atoms with E-state index >= 15 is 0 Å². The SMILES string of the molecule is O=c1c2ccccc2nnn1CC(O)c1ccc(Cl)cc1. The Morgan fingerprint density at radius 3 is 2.62 bits per heavy atom. The van der Waals surface area contributed by atoms with Gasteiger partial charge in [-0.3, -0.25) is 4.79 Å². The molecule has 106 valence electrons. The molecule has 6 heteroatoms. The molecule has 1 unspecified atom stereocenters. The molecule has 3 aromatic rings. The van der Waals surface area contributed by atoms with E-state index in [1.54, 1.807) is 48.5 Å². The van der Waals surface area contributed by atoms with Gasteiger partial charge < -0.3 is 5.11 Å². The first-order valence-corrected chi connectivity index (χ1v) is 6.79. The molecule has 2 aromatic carbocycles. The van der Waals surface area contributed by atoms with Crippen LogP contribution >= 0.6 is 11.6 Å². The maximum atomic E-state index is 12.3. The van der Waals surface area contributed by atoms with Gasteiger partial charge in [-0.25, -0.2) is 4.68 Å². The molecule has 0 aliphatic rings. The van der Waals surface area contributed by atoms with E-state index in [0.29, 0.717) is 21.5 Å². The lowest BCUT2D eigenvalue weighted by Crippen LogP contribution is -2.27. The van der Waals surface area contributed by atoms with E-state index in [2.05, 4.69) is 10.3 Å². The molecule has 1 heterocycles. The van der Waals surface area contributed by atoms with E-state index in [9.17, 15) is 9.90 Å². The summed E-state index contributed by atoms with van der Waals surface area (Å²) in [4.78, 5) is 12.3. The van der Waals surface area contributed by atoms with E-state index in [0.717, 1.165) is 0 Å². The molecule has 0 bridgehead atoms. The molecule has 1 aromatic heterocycles. The standard InChI is InChI=1S/C15H12ClN3O2/c16-11-7-5-10(6-8-11)14(20)9-19-15(21)12-3-1-2-4-13(12)17-18-19/h1-8,14,20H,9H2. The summed E-state index contributed by atoms with van der Waals surface area (Å²) >= 11 is 5.81. The number of nitrogens with zero attached hydrogens (tertiary/aromatic N) is 3. The lowest BCUT2D eigenvalue weighted by molar-refractivity contribution is 0.148. The van der Waals surface area contributed by atoms with Crippen LogP contribution in [-0.4, -0.2) is 20.1 Å². The largest absolute Gasteiger partial charge is 0.386 e. The van der Waals surface area contributed by atoms with E-state index < -0.39 is 6.10 Å². The van der Waals surface area contributed by atoms with Crippen LogP contribution in [0.5, 0.6) is 0 Å². The zero-order chi connectivity index (χ0) is 14.8. The Kier molecular flexibility index (Phi) is 3.68. The topological polar surface area (TPSA) is 68.0 Å². The molecule has 21 heavy (non-hydrogen) atoms. The lowest BCUT2D eigenvalue weighted by atomic mass is 10.1. The number of fused-ring (bicyclic) bond motifs is 1. The van der Waals surface area contributed by atoms with Crippen molar-refractivity contribution in [3.63, 3.8) is 0 Å². The van der Waals surface area contributed by atoms with Crippen LogP contribution in [0.3, 0.4) is 0 Å². The van der Waals surface area contributed by atoms with E-state index in [1.807, 2.05) is 0 Å². The summed E-state index contributed by atoms with van der Waals surface area (Å²) in [5.41, 5.74) is 0.939. The number of hydrogen-bond acceptors (Lipinski definition) is 4. The molecule has 0 amide bonds. The molecule has 0 saturated heterocycles. The van der Waals surface area contributed by atoms with Gasteiger partial charge in [0.1, 0.15) is 5.52 Å². The van der Waals surface area contributed by atoms with Gasteiger partial charge in [0.25, 0.3) is 5.56 Å². The highest BCUT2D eigenvalue weighted by Crippen LogP contribution is 2.17. The second-order valence-corrected chi connectivity index (χ2v) is 5.10. The van der Waals surface area contributed by atoms with Crippen LogP contribution in [0.1, 0.15) is 11.7 Å². The van der Waals surface area contributed by atoms with Crippen molar-refractivity contribution < 1.29 is 5.11 Å². The average molecular weight is 302 g/mol. The van der Waals surface area contributed by atoms with Crippen LogP contribution in [0.15, 0.2) is 53.3 Å². The lowest BCUT2D eigenvalue weighted by Gasteiger charge is -2.12. The number of halogens is 1. The van der Waals surface area contributed by atoms with Crippen LogP contribution in [0.25, 0.3) is 10.9 Å². The minimum atomic E-state index is -0.851. The molecule has 0 aliphatic carbocycles. The smallest absolute Gasteiger partial charge is 0.277 e. The quantitative estimate of drug-likeness (QED) is 0.805. The fourth-order valence-electron chi connectivity index (χ4n) is 2.10. The fraction of sp³-hybridized carbons (Fsp3) is 0.133. The molecule has 3 rings (SSSR count). The summed E-state index contributed by atoms with van der Waals surface area (Å²) < 4.78 is 1.17. The number of aliphatic hydroxyl groups is 1. The second-order valence-electron chi connectivity index (χ2n) is 4.66. The van der Waals surface area contributed by atoms with Crippen molar-refractivity contribution in [1.29, 1.82) is 0 Å². The van der Waals surface area contributed by atoms with Crippen LogP contribution in [0, 0.1) is 0 Å². The van der Waals surface area contributed by atoms with Crippen LogP contribution in [0.4, 0.5) is 0 Å². The summed E-state index contributed by atoms with van der Waals surface area (Å²) in [6, 6.07) is 13.8. The van der Waals surface area contributed by atoms with E-state index in [4.69, 9.17) is 11.6 Å². The Morgan fingerprint density at radius 2 is 1.86 bits per heavy atom. The molecule has 1 N–H and O–H groups in total. The van der Waals surface area contributed by atoms with Gasteiger partial charge in [0.2, 0.25) is 0 Å². The molecule has 0 fully saturated rings. The second kappa shape index (κ2) is 5.63. The number of aliphatic hydroxyl groups excluding tert-OH is 1. The zero-order valence-electron chi connectivity index (χ0n) is 11.0. The third-order valence-corrected chi connectivity index (χ3v) is 3.48. The van der Waals surface area contributed by atoms with Crippen molar-refractivity contribution in [2.24, 2.45) is 0 Å². The molecule has 0 saturated carbocycles. The zero-order valence-corrected chi connectivity index (χ0v) is 11.7. The maximum absolute atomic E-state index is 12.3. The van der Waals surface area contributed by atoms with Crippen molar-refractivity contribution in [3.05, 3.63) is 69.5 Å². The van der Waals surface area contributed by atoms with Gasteiger partial charge in [-0.2, -0.15) is 0 Å². The molecule has 0 spiro atoms. The Bertz CT molecular complexity index is 830. The summed E-state index contributed by atoms with van der Waals surface area (Å²) in [6.45, 7) is 0.0400. The Labute approximate surface area is 125 Å². The number of rotatable bonds is 3. The number of hydrogen-bond donors (Lipinski definition) is 1. The predicted octanol–water partition coefficient (Wildman–Crippen LogP) is 2.18. The summed E-state index contributed by atoms with van der Waals surface area (Å²) in [5, 5.41) is 19.1. The van der Waals surface area contributed by atoms with Gasteiger partial charge in [-0.15, -0.1) is 5.10 Å². The van der Waals surface area contributed by atoms with Crippen molar-refractivity contribution >= 4 is 22.5 Å². The Morgan fingerprint density at radius 1 is 1.14 bits per heavy atom. The summed E-state index contributed by atoms with van der Waals surface area (Å²) in [6.07, 6.45) is -0.851. The molecular formula is C15H12ClN3O2. The highest BCUT2D eigenvalue weighted by atomic mass is 35.5. The average Bonchev–Trinajstić information content (AvgIpc) is 2.51. The third kappa shape index (κ3) is 2.79. The summed E-state index contributed by atoms with van der Waals surface area (Å²) in [5.74, 6) is 0. The van der Waals surface area contributed by atoms with Gasteiger partial charge in [0.05, 0.1) is 18.0 Å². The first kappa shape index (κ1) is 13.7. The van der Waals surface area contributed by atoms with Crippen LogP contribution in [-0.2, 0) is 6.54 Å². The van der Waals surface area contributed by atoms with Crippen LogP contribution < -0.4 is 5.56 Å². The Balaban J connectivity index is 1.93. The van der Waals surface area contributed by atoms with E-state index in [-0.39, 0.29) is 12.1 Å². The monoisotopic (exact) mass is 301 g/mol. The molecule has 0 aliphatic heterocycles. The highest BCUT2D eigenvalue weighted by Gasteiger charge is 2.12.